The predicted molar refractivity (Wildman–Crippen MR) is 72.1 cm³/mol. The standard InChI is InChI=1S/C11H11N3O3S2/c1-3-14-5-4-12-8(9(14)15)19-11-13-6(2)7(18-11)10(16)17/h4-5H,3H2,1-2H3,(H,16,17). The first kappa shape index (κ1) is 13.8. The lowest BCUT2D eigenvalue weighted by Crippen LogP contribution is -2.20. The van der Waals surface area contributed by atoms with Gasteiger partial charge in [0.05, 0.1) is 5.69 Å². The zero-order valence-corrected chi connectivity index (χ0v) is 11.9. The number of nitrogens with zero attached hydrogens (tertiary/aromatic N) is 3. The maximum Gasteiger partial charge on any atom is 0.347 e. The maximum atomic E-state index is 12.0. The molecule has 100 valence electrons. The van der Waals surface area contributed by atoms with Gasteiger partial charge in [-0.2, -0.15) is 0 Å². The second-order valence-corrected chi connectivity index (χ2v) is 5.86. The zero-order valence-electron chi connectivity index (χ0n) is 10.3. The van der Waals surface area contributed by atoms with E-state index in [1.807, 2.05) is 6.92 Å². The summed E-state index contributed by atoms with van der Waals surface area (Å²) in [5.74, 6) is -1.01. The summed E-state index contributed by atoms with van der Waals surface area (Å²) in [6, 6.07) is 0. The van der Waals surface area contributed by atoms with Crippen molar-refractivity contribution in [3.8, 4) is 0 Å². The predicted octanol–water partition coefficient (Wildman–Crippen LogP) is 1.88. The molecule has 2 rings (SSSR count). The summed E-state index contributed by atoms with van der Waals surface area (Å²) in [7, 11) is 0. The van der Waals surface area contributed by atoms with Gasteiger partial charge in [0.15, 0.2) is 9.37 Å². The van der Waals surface area contributed by atoms with Gasteiger partial charge in [-0.3, -0.25) is 4.79 Å². The third kappa shape index (κ3) is 2.85. The zero-order chi connectivity index (χ0) is 14.0. The Balaban J connectivity index is 2.34. The highest BCUT2D eigenvalue weighted by atomic mass is 32.2. The number of aromatic carboxylic acids is 1. The van der Waals surface area contributed by atoms with E-state index in [9.17, 15) is 9.59 Å². The fraction of sp³-hybridized carbons (Fsp3) is 0.273. The number of rotatable bonds is 4. The smallest absolute Gasteiger partial charge is 0.347 e. The largest absolute Gasteiger partial charge is 0.477 e. The van der Waals surface area contributed by atoms with Crippen LogP contribution in [0.2, 0.25) is 0 Å². The van der Waals surface area contributed by atoms with Crippen molar-refractivity contribution in [2.24, 2.45) is 0 Å². The number of aromatic nitrogens is 3. The normalized spacial score (nSPS) is 10.6. The van der Waals surface area contributed by atoms with Gasteiger partial charge in [0, 0.05) is 18.9 Å². The Hall–Kier alpha value is -1.67. The van der Waals surface area contributed by atoms with Crippen molar-refractivity contribution in [1.29, 1.82) is 0 Å². The molecule has 8 heteroatoms. The molecule has 0 unspecified atom stereocenters. The molecule has 2 aromatic rings. The lowest BCUT2D eigenvalue weighted by molar-refractivity contribution is 0.0701. The van der Waals surface area contributed by atoms with E-state index in [-0.39, 0.29) is 10.4 Å². The average Bonchev–Trinajstić information content (AvgIpc) is 2.73. The number of thiazole rings is 1. The number of aryl methyl sites for hydroxylation is 2. The Morgan fingerprint density at radius 2 is 2.32 bits per heavy atom. The fourth-order valence-electron chi connectivity index (χ4n) is 1.44. The van der Waals surface area contributed by atoms with Crippen LogP contribution >= 0.6 is 23.1 Å². The third-order valence-corrected chi connectivity index (χ3v) is 4.56. The van der Waals surface area contributed by atoms with E-state index in [2.05, 4.69) is 9.97 Å². The van der Waals surface area contributed by atoms with Crippen LogP contribution in [0.5, 0.6) is 0 Å². The SMILES string of the molecule is CCn1ccnc(Sc2nc(C)c(C(=O)O)s2)c1=O. The summed E-state index contributed by atoms with van der Waals surface area (Å²) >= 11 is 2.14. The van der Waals surface area contributed by atoms with Gasteiger partial charge in [-0.1, -0.05) is 11.3 Å². The molecule has 0 saturated carbocycles. The van der Waals surface area contributed by atoms with Crippen LogP contribution in [-0.4, -0.2) is 25.6 Å². The van der Waals surface area contributed by atoms with Crippen LogP contribution in [0.4, 0.5) is 0 Å². The monoisotopic (exact) mass is 297 g/mol. The van der Waals surface area contributed by atoms with Gasteiger partial charge in [0.1, 0.15) is 4.88 Å². The fourth-order valence-corrected chi connectivity index (χ4v) is 3.40. The van der Waals surface area contributed by atoms with Crippen molar-refractivity contribution in [3.05, 3.63) is 33.3 Å². The number of hydrogen-bond acceptors (Lipinski definition) is 6. The van der Waals surface area contributed by atoms with Crippen LogP contribution in [0.25, 0.3) is 0 Å². The Bertz CT molecular complexity index is 678. The van der Waals surface area contributed by atoms with Gasteiger partial charge >= 0.3 is 5.97 Å². The topological polar surface area (TPSA) is 85.1 Å². The molecule has 0 aliphatic carbocycles. The minimum atomic E-state index is -1.01. The molecule has 2 aromatic heterocycles. The number of carbonyl (C=O) groups is 1. The van der Waals surface area contributed by atoms with Crippen LogP contribution in [0, 0.1) is 6.92 Å². The Morgan fingerprint density at radius 3 is 2.89 bits per heavy atom. The molecule has 6 nitrogen and oxygen atoms in total. The molecule has 0 aliphatic heterocycles. The number of carboxylic acid groups (broad SMARTS) is 1. The molecule has 0 spiro atoms. The van der Waals surface area contributed by atoms with E-state index < -0.39 is 5.97 Å². The van der Waals surface area contributed by atoms with Gasteiger partial charge in [-0.05, 0) is 25.6 Å². The van der Waals surface area contributed by atoms with E-state index in [0.29, 0.717) is 21.6 Å². The lowest BCUT2D eigenvalue weighted by atomic mass is 10.4. The van der Waals surface area contributed by atoms with E-state index >= 15 is 0 Å². The minimum absolute atomic E-state index is 0.189. The Morgan fingerprint density at radius 1 is 1.58 bits per heavy atom. The van der Waals surface area contributed by atoms with Crippen molar-refractivity contribution in [2.75, 3.05) is 0 Å². The van der Waals surface area contributed by atoms with E-state index in [1.165, 1.54) is 4.57 Å². The van der Waals surface area contributed by atoms with E-state index in [1.54, 1.807) is 19.3 Å². The van der Waals surface area contributed by atoms with Crippen molar-refractivity contribution in [3.63, 3.8) is 0 Å². The van der Waals surface area contributed by atoms with Gasteiger partial charge in [0.25, 0.3) is 5.56 Å². The van der Waals surface area contributed by atoms with Crippen molar-refractivity contribution < 1.29 is 9.90 Å². The van der Waals surface area contributed by atoms with Crippen LogP contribution in [0.1, 0.15) is 22.3 Å². The highest BCUT2D eigenvalue weighted by Crippen LogP contribution is 2.30. The highest BCUT2D eigenvalue weighted by Gasteiger charge is 2.16. The molecule has 0 aliphatic rings. The number of hydrogen-bond donors (Lipinski definition) is 1. The van der Waals surface area contributed by atoms with Crippen molar-refractivity contribution in [2.45, 2.75) is 29.8 Å². The molecular formula is C11H11N3O3S2. The highest BCUT2D eigenvalue weighted by molar-refractivity contribution is 8.01. The summed E-state index contributed by atoms with van der Waals surface area (Å²) in [4.78, 5) is 31.2. The Labute approximate surface area is 117 Å². The first-order valence-corrected chi connectivity index (χ1v) is 7.10. The quantitative estimate of drug-likeness (QED) is 0.927. The molecule has 19 heavy (non-hydrogen) atoms. The first-order chi connectivity index (χ1) is 9.02. The summed E-state index contributed by atoms with van der Waals surface area (Å²) in [6.45, 7) is 4.06. The maximum absolute atomic E-state index is 12.0. The van der Waals surface area contributed by atoms with Crippen molar-refractivity contribution in [1.82, 2.24) is 14.5 Å². The molecule has 0 saturated heterocycles. The molecule has 0 amide bonds. The summed E-state index contributed by atoms with van der Waals surface area (Å²) in [5, 5.41) is 9.26. The number of carboxylic acids is 1. The second-order valence-electron chi connectivity index (χ2n) is 3.63. The summed E-state index contributed by atoms with van der Waals surface area (Å²) < 4.78 is 2.04. The molecule has 0 radical (unpaired) electrons. The molecular weight excluding hydrogens is 286 g/mol. The second kappa shape index (κ2) is 5.54. The van der Waals surface area contributed by atoms with Gasteiger partial charge in [0.2, 0.25) is 0 Å². The molecule has 1 N–H and O–H groups in total. The molecule has 0 aromatic carbocycles. The molecule has 0 atom stereocenters. The Kier molecular flexibility index (Phi) is 4.01. The van der Waals surface area contributed by atoms with Crippen LogP contribution in [0.3, 0.4) is 0 Å². The summed E-state index contributed by atoms with van der Waals surface area (Å²) in [6.07, 6.45) is 3.16. The van der Waals surface area contributed by atoms with Crippen molar-refractivity contribution >= 4 is 29.1 Å². The summed E-state index contributed by atoms with van der Waals surface area (Å²) in [5.41, 5.74) is 0.256. The van der Waals surface area contributed by atoms with Gasteiger partial charge in [-0.25, -0.2) is 14.8 Å². The van der Waals surface area contributed by atoms with Crippen LogP contribution in [-0.2, 0) is 6.54 Å². The lowest BCUT2D eigenvalue weighted by Gasteiger charge is -2.02. The van der Waals surface area contributed by atoms with Gasteiger partial charge in [-0.15, -0.1) is 0 Å². The molecule has 2 heterocycles. The van der Waals surface area contributed by atoms with E-state index in [0.717, 1.165) is 23.1 Å². The average molecular weight is 297 g/mol. The minimum Gasteiger partial charge on any atom is -0.477 e. The van der Waals surface area contributed by atoms with Crippen LogP contribution in [0.15, 0.2) is 26.6 Å². The third-order valence-electron chi connectivity index (χ3n) is 2.38. The van der Waals surface area contributed by atoms with Crippen LogP contribution < -0.4 is 5.56 Å². The van der Waals surface area contributed by atoms with Gasteiger partial charge < -0.3 is 9.67 Å². The van der Waals surface area contributed by atoms with E-state index in [4.69, 9.17) is 5.11 Å². The molecule has 0 bridgehead atoms. The molecule has 0 fully saturated rings. The first-order valence-electron chi connectivity index (χ1n) is 5.47.